The first-order valence-electron chi connectivity index (χ1n) is 10.6. The molecule has 6 heteroatoms. The van der Waals surface area contributed by atoms with Gasteiger partial charge in [-0.2, -0.15) is 0 Å². The number of nitrogens with zero attached hydrogens (tertiary/aromatic N) is 2. The Morgan fingerprint density at radius 3 is 2.81 bits per heavy atom. The summed E-state index contributed by atoms with van der Waals surface area (Å²) in [6, 6.07) is 4.76. The minimum Gasteiger partial charge on any atom is -0.466 e. The standard InChI is InChI=1S/C21H36N4O2/c1-3-22-20(23-16-21(2,26)19-12-8-14-27-19)24-17-9-7-13-25(15-17)18-10-5-4-6-11-18/h8,12,14,17-18,26H,3-7,9-11,13,15-16H2,1-2H3,(H2,22,23,24). The molecule has 2 fully saturated rings. The van der Waals surface area contributed by atoms with Crippen molar-refractivity contribution in [1.82, 2.24) is 15.5 Å². The third-order valence-electron chi connectivity index (χ3n) is 5.83. The van der Waals surface area contributed by atoms with Crippen LogP contribution in [0.1, 0.15) is 64.6 Å². The SMILES string of the molecule is CCNC(=NCC(C)(O)c1ccco1)NC1CCCN(C2CCCCC2)C1. The zero-order valence-corrected chi connectivity index (χ0v) is 16.9. The highest BCUT2D eigenvalue weighted by Gasteiger charge is 2.28. The first kappa shape index (κ1) is 20.2. The number of hydrogen-bond acceptors (Lipinski definition) is 4. The van der Waals surface area contributed by atoms with Gasteiger partial charge in [0.2, 0.25) is 0 Å². The molecular weight excluding hydrogens is 340 g/mol. The summed E-state index contributed by atoms with van der Waals surface area (Å²) in [6.45, 7) is 7.18. The van der Waals surface area contributed by atoms with Crippen LogP contribution in [0.2, 0.25) is 0 Å². The van der Waals surface area contributed by atoms with Gasteiger partial charge in [-0.1, -0.05) is 19.3 Å². The van der Waals surface area contributed by atoms with E-state index in [2.05, 4.69) is 27.4 Å². The van der Waals surface area contributed by atoms with Crippen molar-refractivity contribution in [3.63, 3.8) is 0 Å². The van der Waals surface area contributed by atoms with Crippen LogP contribution < -0.4 is 10.6 Å². The summed E-state index contributed by atoms with van der Waals surface area (Å²) in [4.78, 5) is 7.32. The summed E-state index contributed by atoms with van der Waals surface area (Å²) < 4.78 is 5.36. The van der Waals surface area contributed by atoms with Crippen molar-refractivity contribution in [2.24, 2.45) is 4.99 Å². The molecule has 1 aliphatic heterocycles. The van der Waals surface area contributed by atoms with Crippen molar-refractivity contribution in [1.29, 1.82) is 0 Å². The van der Waals surface area contributed by atoms with Crippen molar-refractivity contribution in [2.75, 3.05) is 26.2 Å². The first-order valence-corrected chi connectivity index (χ1v) is 10.6. The molecule has 2 unspecified atom stereocenters. The quantitative estimate of drug-likeness (QED) is 0.526. The highest BCUT2D eigenvalue weighted by molar-refractivity contribution is 5.80. The molecule has 1 aromatic heterocycles. The van der Waals surface area contributed by atoms with Crippen LogP contribution in [-0.2, 0) is 5.60 Å². The fourth-order valence-corrected chi connectivity index (χ4v) is 4.31. The van der Waals surface area contributed by atoms with Crippen molar-refractivity contribution in [3.05, 3.63) is 24.2 Å². The second-order valence-electron chi connectivity index (χ2n) is 8.22. The number of guanidine groups is 1. The van der Waals surface area contributed by atoms with Gasteiger partial charge in [-0.05, 0) is 58.2 Å². The molecule has 2 heterocycles. The van der Waals surface area contributed by atoms with Crippen molar-refractivity contribution < 1.29 is 9.52 Å². The normalized spacial score (nSPS) is 25.1. The summed E-state index contributed by atoms with van der Waals surface area (Å²) in [5, 5.41) is 17.6. The molecule has 1 aliphatic carbocycles. The average Bonchev–Trinajstić information content (AvgIpc) is 3.23. The Labute approximate surface area is 163 Å². The Bertz CT molecular complexity index is 579. The fraction of sp³-hybridized carbons (Fsp3) is 0.762. The van der Waals surface area contributed by atoms with Gasteiger partial charge >= 0.3 is 0 Å². The number of aliphatic imine (C=N–C) groups is 1. The molecular formula is C21H36N4O2. The van der Waals surface area contributed by atoms with E-state index in [-0.39, 0.29) is 6.54 Å². The van der Waals surface area contributed by atoms with Crippen LogP contribution >= 0.6 is 0 Å². The maximum atomic E-state index is 10.6. The van der Waals surface area contributed by atoms with Gasteiger partial charge in [0.25, 0.3) is 0 Å². The Hall–Kier alpha value is -1.53. The number of likely N-dealkylation sites (tertiary alicyclic amines) is 1. The molecule has 0 bridgehead atoms. The Kier molecular flexibility index (Phi) is 7.19. The lowest BCUT2D eigenvalue weighted by molar-refractivity contribution is 0.0436. The van der Waals surface area contributed by atoms with E-state index in [9.17, 15) is 5.11 Å². The summed E-state index contributed by atoms with van der Waals surface area (Å²) in [5.41, 5.74) is -1.10. The van der Waals surface area contributed by atoms with Gasteiger partial charge in [-0.3, -0.25) is 4.90 Å². The van der Waals surface area contributed by atoms with Crippen LogP contribution in [-0.4, -0.2) is 54.2 Å². The smallest absolute Gasteiger partial charge is 0.191 e. The average molecular weight is 377 g/mol. The third-order valence-corrected chi connectivity index (χ3v) is 5.83. The van der Waals surface area contributed by atoms with Crippen LogP contribution in [0.3, 0.4) is 0 Å². The van der Waals surface area contributed by atoms with E-state index in [1.165, 1.54) is 51.5 Å². The van der Waals surface area contributed by atoms with Crippen LogP contribution in [0, 0.1) is 0 Å². The highest BCUT2D eigenvalue weighted by Crippen LogP contribution is 2.25. The molecule has 2 atom stereocenters. The second-order valence-corrected chi connectivity index (χ2v) is 8.22. The minimum atomic E-state index is -1.10. The number of furan rings is 1. The molecule has 1 saturated carbocycles. The largest absolute Gasteiger partial charge is 0.466 e. The predicted molar refractivity (Wildman–Crippen MR) is 109 cm³/mol. The van der Waals surface area contributed by atoms with Crippen LogP contribution in [0.25, 0.3) is 0 Å². The fourth-order valence-electron chi connectivity index (χ4n) is 4.31. The Morgan fingerprint density at radius 1 is 1.30 bits per heavy atom. The van der Waals surface area contributed by atoms with Crippen LogP contribution in [0.5, 0.6) is 0 Å². The zero-order valence-electron chi connectivity index (χ0n) is 16.9. The lowest BCUT2D eigenvalue weighted by Crippen LogP contribution is -2.53. The van der Waals surface area contributed by atoms with E-state index in [4.69, 9.17) is 4.42 Å². The Balaban J connectivity index is 1.58. The van der Waals surface area contributed by atoms with E-state index in [0.717, 1.165) is 25.1 Å². The topological polar surface area (TPSA) is 73.0 Å². The van der Waals surface area contributed by atoms with Gasteiger partial charge in [-0.15, -0.1) is 0 Å². The molecule has 6 nitrogen and oxygen atoms in total. The first-order chi connectivity index (χ1) is 13.1. The number of nitrogens with one attached hydrogen (secondary N) is 2. The summed E-state index contributed by atoms with van der Waals surface area (Å²) >= 11 is 0. The van der Waals surface area contributed by atoms with Gasteiger partial charge in [0, 0.05) is 25.2 Å². The maximum Gasteiger partial charge on any atom is 0.191 e. The number of piperidine rings is 1. The van der Waals surface area contributed by atoms with Crippen molar-refractivity contribution in [2.45, 2.75) is 76.5 Å². The van der Waals surface area contributed by atoms with Crippen molar-refractivity contribution >= 4 is 5.96 Å². The molecule has 0 radical (unpaired) electrons. The van der Waals surface area contributed by atoms with E-state index in [0.29, 0.717) is 11.8 Å². The van der Waals surface area contributed by atoms with Crippen LogP contribution in [0.4, 0.5) is 0 Å². The molecule has 0 spiro atoms. The van der Waals surface area contributed by atoms with Gasteiger partial charge in [0.05, 0.1) is 12.8 Å². The van der Waals surface area contributed by atoms with Gasteiger partial charge < -0.3 is 20.2 Å². The lowest BCUT2D eigenvalue weighted by Gasteiger charge is -2.40. The van der Waals surface area contributed by atoms with Gasteiger partial charge in [-0.25, -0.2) is 4.99 Å². The molecule has 27 heavy (non-hydrogen) atoms. The van der Waals surface area contributed by atoms with Crippen molar-refractivity contribution in [3.8, 4) is 0 Å². The highest BCUT2D eigenvalue weighted by atomic mass is 16.4. The lowest BCUT2D eigenvalue weighted by atomic mass is 9.92. The van der Waals surface area contributed by atoms with E-state index in [1.54, 1.807) is 25.3 Å². The van der Waals surface area contributed by atoms with E-state index in [1.807, 2.05) is 0 Å². The predicted octanol–water partition coefficient (Wildman–Crippen LogP) is 2.84. The molecule has 3 N–H and O–H groups in total. The van der Waals surface area contributed by atoms with Crippen LogP contribution in [0.15, 0.2) is 27.8 Å². The monoisotopic (exact) mass is 376 g/mol. The number of rotatable bonds is 6. The zero-order chi connectivity index (χ0) is 19.1. The molecule has 2 aliphatic rings. The molecule has 1 saturated heterocycles. The van der Waals surface area contributed by atoms with Gasteiger partial charge in [0.15, 0.2) is 5.96 Å². The molecule has 1 aromatic rings. The second kappa shape index (κ2) is 9.60. The van der Waals surface area contributed by atoms with E-state index >= 15 is 0 Å². The number of hydrogen-bond donors (Lipinski definition) is 3. The molecule has 0 amide bonds. The molecule has 0 aromatic carbocycles. The summed E-state index contributed by atoms with van der Waals surface area (Å²) in [5.74, 6) is 1.32. The molecule has 152 valence electrons. The Morgan fingerprint density at radius 2 is 2.11 bits per heavy atom. The maximum absolute atomic E-state index is 10.6. The summed E-state index contributed by atoms with van der Waals surface area (Å²) in [6.07, 6.45) is 10.9. The van der Waals surface area contributed by atoms with E-state index < -0.39 is 5.60 Å². The number of aliphatic hydroxyl groups is 1. The summed E-state index contributed by atoms with van der Waals surface area (Å²) in [7, 11) is 0. The minimum absolute atomic E-state index is 0.259. The van der Waals surface area contributed by atoms with Gasteiger partial charge in [0.1, 0.15) is 11.4 Å². The third kappa shape index (κ3) is 5.72. The molecule has 3 rings (SSSR count).